The number of nitrogens with two attached hydrogens (primary N) is 1. The van der Waals surface area contributed by atoms with Crippen LogP contribution >= 0.6 is 0 Å². The van der Waals surface area contributed by atoms with Gasteiger partial charge >= 0.3 is 0 Å². The number of hydrogen-bond donors (Lipinski definition) is 2. The number of ether oxygens (including phenoxy) is 3. The summed E-state index contributed by atoms with van der Waals surface area (Å²) in [7, 11) is 3.21. The van der Waals surface area contributed by atoms with Gasteiger partial charge in [-0.15, -0.1) is 0 Å². The number of H-pyrrole nitrogens is 1. The number of methoxy groups -OCH3 is 2. The molecule has 4 rings (SSSR count). The molecule has 0 radical (unpaired) electrons. The molecule has 0 saturated heterocycles. The topological polar surface area (TPSA) is 82.4 Å². The second-order valence-electron chi connectivity index (χ2n) is 6.34. The van der Waals surface area contributed by atoms with Gasteiger partial charge in [0.05, 0.1) is 30.9 Å². The molecule has 0 unspecified atom stereocenters. The molecule has 0 fully saturated rings. The smallest absolute Gasteiger partial charge is 0.163 e. The Morgan fingerprint density at radius 1 is 0.893 bits per heavy atom. The molecule has 6 heteroatoms. The zero-order chi connectivity index (χ0) is 19.5. The second-order valence-corrected chi connectivity index (χ2v) is 6.34. The quantitative estimate of drug-likeness (QED) is 0.488. The van der Waals surface area contributed by atoms with Crippen LogP contribution in [0, 0.1) is 0 Å². The Bertz CT molecular complexity index is 1070. The Balaban J connectivity index is 1.60. The molecular weight excluding hydrogens is 354 g/mol. The van der Waals surface area contributed by atoms with Crippen molar-refractivity contribution >= 4 is 16.7 Å². The first-order valence-corrected chi connectivity index (χ1v) is 8.86. The standard InChI is InChI=1S/C22H21N3O3/c1-26-20-11-17-18(12-21(20)27-2)25-22(24-17)15-8-9-19(16(23)10-15)28-13-14-6-4-3-5-7-14/h3-12H,13,23H2,1-2H3,(H,24,25). The zero-order valence-corrected chi connectivity index (χ0v) is 15.7. The molecule has 0 aliphatic carbocycles. The number of nitrogen functional groups attached to an aromatic ring is 1. The number of aromatic amines is 1. The summed E-state index contributed by atoms with van der Waals surface area (Å²) in [5.41, 5.74) is 10.4. The molecule has 0 aliphatic heterocycles. The summed E-state index contributed by atoms with van der Waals surface area (Å²) in [4.78, 5) is 7.94. The average molecular weight is 375 g/mol. The van der Waals surface area contributed by atoms with Crippen LogP contribution in [0.15, 0.2) is 60.7 Å². The van der Waals surface area contributed by atoms with Crippen molar-refractivity contribution < 1.29 is 14.2 Å². The van der Waals surface area contributed by atoms with Crippen LogP contribution in [0.1, 0.15) is 5.56 Å². The molecule has 4 aromatic rings. The van der Waals surface area contributed by atoms with Crippen LogP contribution in [-0.2, 0) is 6.61 Å². The lowest BCUT2D eigenvalue weighted by atomic mass is 10.2. The largest absolute Gasteiger partial charge is 0.493 e. The highest BCUT2D eigenvalue weighted by atomic mass is 16.5. The SMILES string of the molecule is COc1cc2nc(-c3ccc(OCc4ccccc4)c(N)c3)[nH]c2cc1OC. The van der Waals surface area contributed by atoms with Crippen LogP contribution in [0.25, 0.3) is 22.4 Å². The maximum Gasteiger partial charge on any atom is 0.163 e. The van der Waals surface area contributed by atoms with E-state index in [1.807, 2.05) is 60.7 Å². The van der Waals surface area contributed by atoms with Crippen LogP contribution < -0.4 is 19.9 Å². The first-order chi connectivity index (χ1) is 13.7. The fourth-order valence-corrected chi connectivity index (χ4v) is 3.04. The highest BCUT2D eigenvalue weighted by molar-refractivity contribution is 5.83. The van der Waals surface area contributed by atoms with E-state index >= 15 is 0 Å². The number of imidazole rings is 1. The zero-order valence-electron chi connectivity index (χ0n) is 15.7. The fourth-order valence-electron chi connectivity index (χ4n) is 3.04. The van der Waals surface area contributed by atoms with Gasteiger partial charge in [-0.05, 0) is 23.8 Å². The molecule has 0 spiro atoms. The summed E-state index contributed by atoms with van der Waals surface area (Å²) < 4.78 is 16.5. The third kappa shape index (κ3) is 3.44. The number of nitrogens with one attached hydrogen (secondary N) is 1. The Labute approximate surface area is 162 Å². The molecule has 0 bridgehead atoms. The molecule has 3 N–H and O–H groups in total. The highest BCUT2D eigenvalue weighted by Crippen LogP contribution is 2.34. The van der Waals surface area contributed by atoms with Gasteiger partial charge in [0, 0.05) is 17.7 Å². The number of aromatic nitrogens is 2. The summed E-state index contributed by atoms with van der Waals surface area (Å²) in [6, 6.07) is 19.3. The Kier molecular flexibility index (Phi) is 4.76. The van der Waals surface area contributed by atoms with E-state index in [-0.39, 0.29) is 0 Å². The molecule has 0 aliphatic rings. The van der Waals surface area contributed by atoms with Crippen LogP contribution in [0.5, 0.6) is 17.2 Å². The fraction of sp³-hybridized carbons (Fsp3) is 0.136. The van der Waals surface area contributed by atoms with Gasteiger partial charge in [0.1, 0.15) is 18.2 Å². The molecule has 28 heavy (non-hydrogen) atoms. The van der Waals surface area contributed by atoms with Crippen LogP contribution in [-0.4, -0.2) is 24.2 Å². The van der Waals surface area contributed by atoms with Crippen molar-refractivity contribution in [1.82, 2.24) is 9.97 Å². The van der Waals surface area contributed by atoms with Crippen LogP contribution in [0.2, 0.25) is 0 Å². The Morgan fingerprint density at radius 2 is 1.64 bits per heavy atom. The lowest BCUT2D eigenvalue weighted by Gasteiger charge is -2.10. The van der Waals surface area contributed by atoms with E-state index in [4.69, 9.17) is 19.9 Å². The highest BCUT2D eigenvalue weighted by Gasteiger charge is 2.12. The molecule has 6 nitrogen and oxygen atoms in total. The summed E-state index contributed by atoms with van der Waals surface area (Å²) in [5.74, 6) is 2.64. The lowest BCUT2D eigenvalue weighted by molar-refractivity contribution is 0.308. The van der Waals surface area contributed by atoms with Crippen molar-refractivity contribution in [3.8, 4) is 28.6 Å². The minimum atomic E-state index is 0.467. The maximum atomic E-state index is 6.20. The van der Waals surface area contributed by atoms with Gasteiger partial charge < -0.3 is 24.9 Å². The van der Waals surface area contributed by atoms with Gasteiger partial charge in [-0.2, -0.15) is 0 Å². The minimum absolute atomic E-state index is 0.467. The van der Waals surface area contributed by atoms with Crippen molar-refractivity contribution in [2.24, 2.45) is 0 Å². The minimum Gasteiger partial charge on any atom is -0.493 e. The van der Waals surface area contributed by atoms with Gasteiger partial charge in [0.25, 0.3) is 0 Å². The van der Waals surface area contributed by atoms with E-state index in [2.05, 4.69) is 9.97 Å². The molecule has 0 amide bonds. The monoisotopic (exact) mass is 375 g/mol. The van der Waals surface area contributed by atoms with Crippen LogP contribution in [0.3, 0.4) is 0 Å². The first kappa shape index (κ1) is 17.7. The van der Waals surface area contributed by atoms with Crippen molar-refractivity contribution in [3.05, 3.63) is 66.2 Å². The van der Waals surface area contributed by atoms with Crippen molar-refractivity contribution in [2.75, 3.05) is 20.0 Å². The Hall–Kier alpha value is -3.67. The molecule has 0 atom stereocenters. The summed E-state index contributed by atoms with van der Waals surface area (Å²) >= 11 is 0. The average Bonchev–Trinajstić information content (AvgIpc) is 3.15. The summed E-state index contributed by atoms with van der Waals surface area (Å²) in [5, 5.41) is 0. The van der Waals surface area contributed by atoms with Gasteiger partial charge in [-0.25, -0.2) is 4.98 Å². The Morgan fingerprint density at radius 3 is 2.36 bits per heavy atom. The van der Waals surface area contributed by atoms with E-state index in [9.17, 15) is 0 Å². The van der Waals surface area contributed by atoms with Crippen molar-refractivity contribution in [2.45, 2.75) is 6.61 Å². The van der Waals surface area contributed by atoms with Gasteiger partial charge in [0.2, 0.25) is 0 Å². The number of fused-ring (bicyclic) bond motifs is 1. The van der Waals surface area contributed by atoms with Gasteiger partial charge in [-0.3, -0.25) is 0 Å². The maximum absolute atomic E-state index is 6.20. The predicted octanol–water partition coefficient (Wildman–Crippen LogP) is 4.41. The third-order valence-electron chi connectivity index (χ3n) is 4.51. The molecule has 142 valence electrons. The normalized spacial score (nSPS) is 10.8. The van der Waals surface area contributed by atoms with Gasteiger partial charge in [0.15, 0.2) is 11.5 Å². The molecule has 1 heterocycles. The molecular formula is C22H21N3O3. The van der Waals surface area contributed by atoms with E-state index < -0.39 is 0 Å². The van der Waals surface area contributed by atoms with E-state index in [1.165, 1.54) is 0 Å². The van der Waals surface area contributed by atoms with Crippen molar-refractivity contribution in [3.63, 3.8) is 0 Å². The van der Waals surface area contributed by atoms with Crippen molar-refractivity contribution in [1.29, 1.82) is 0 Å². The number of benzene rings is 3. The lowest BCUT2D eigenvalue weighted by Crippen LogP contribution is -1.99. The van der Waals surface area contributed by atoms with Crippen LogP contribution in [0.4, 0.5) is 5.69 Å². The molecule has 1 aromatic heterocycles. The number of nitrogens with zero attached hydrogens (tertiary/aromatic N) is 1. The van der Waals surface area contributed by atoms with Gasteiger partial charge in [-0.1, -0.05) is 30.3 Å². The first-order valence-electron chi connectivity index (χ1n) is 8.86. The third-order valence-corrected chi connectivity index (χ3v) is 4.51. The molecule has 0 saturated carbocycles. The summed E-state index contributed by atoms with van der Waals surface area (Å²) in [6.45, 7) is 0.467. The number of rotatable bonds is 6. The second kappa shape index (κ2) is 7.52. The summed E-state index contributed by atoms with van der Waals surface area (Å²) in [6.07, 6.45) is 0. The molecule has 3 aromatic carbocycles. The predicted molar refractivity (Wildman–Crippen MR) is 110 cm³/mol. The number of anilines is 1. The number of hydrogen-bond acceptors (Lipinski definition) is 5. The van der Waals surface area contributed by atoms with E-state index in [0.29, 0.717) is 35.4 Å². The van der Waals surface area contributed by atoms with E-state index in [0.717, 1.165) is 22.2 Å². The van der Waals surface area contributed by atoms with E-state index in [1.54, 1.807) is 14.2 Å².